The maximum absolute atomic E-state index is 13.2. The van der Waals surface area contributed by atoms with Gasteiger partial charge >= 0.3 is 18.3 Å². The number of carbonyl (C=O) groups excluding carboxylic acids is 4. The van der Waals surface area contributed by atoms with Crippen molar-refractivity contribution >= 4 is 24.2 Å². The molecule has 23 N–H and O–H groups in total. The Kier molecular flexibility index (Phi) is 29.4. The standard InChI is InChI=1S/C39H52N4O15.C23H44N6O11.C5H4/c1-19-13-25-32(33-28(43(2)39(50)57-33)35(53-25)58-36-30(47)29(46)27(40)26(16-44)54-36)56-34(19)55-31-23(42-38(49)52-18-21-11-7-4-8-12-21)14-22(15-24(31)45)41-37(48)51-17-20-9-5-3-6-10-20;1-28-15-17(34)20-11(4-9(27)21(39-20)38-19-8(26)2-7(25)3-10(19)31)36-22(15)40-23-18(35)16(33)14(12(6-30)37-23)29-13(32)5-24;1-3-5-4-2/h3-12,19,22-36,44-47H,13-18,40H2,1-2H3,(H,41,48)(H,42,49);7-12,14-23,28,30-31,33-35H,2-6,24-27H2,1H3,(H,29,32);1H,2H3/t19?,22-,23?,24-,25+,26?,27-,28?,29+,30?,31-,32?,33?,34+,35?,36-;7-,8?,9?,10-,11+,12?,14-,15?,16+,17?,18?,19-,20?,21+,22?,23-;/m11./s1. The van der Waals surface area contributed by atoms with Crippen LogP contribution in [0.3, 0.4) is 0 Å². The van der Waals surface area contributed by atoms with Gasteiger partial charge in [-0.1, -0.05) is 73.5 Å². The van der Waals surface area contributed by atoms with E-state index in [1.165, 1.54) is 11.9 Å². The molecule has 7 heterocycles. The largest absolute Gasteiger partial charge is 0.445 e. The summed E-state index contributed by atoms with van der Waals surface area (Å²) in [5.41, 5.74) is 31.2. The van der Waals surface area contributed by atoms with Gasteiger partial charge in [0.2, 0.25) is 5.91 Å². The monoisotopic (exact) mass is 1460 g/mol. The van der Waals surface area contributed by atoms with Gasteiger partial charge in [-0.15, -0.1) is 6.42 Å². The summed E-state index contributed by atoms with van der Waals surface area (Å²) in [7, 11) is 3.04. The summed E-state index contributed by atoms with van der Waals surface area (Å²) in [6, 6.07) is 11.3. The third-order valence-corrected chi connectivity index (χ3v) is 19.6. The highest BCUT2D eigenvalue weighted by atomic mass is 16.8. The van der Waals surface area contributed by atoms with Crippen molar-refractivity contribution in [3.05, 3.63) is 71.8 Å². The maximum Gasteiger partial charge on any atom is 0.410 e. The van der Waals surface area contributed by atoms with Gasteiger partial charge in [-0.25, -0.2) is 14.4 Å². The van der Waals surface area contributed by atoms with Crippen LogP contribution < -0.4 is 49.9 Å². The Hall–Kier alpha value is -6.16. The number of hydrogen-bond acceptors (Lipinski definition) is 32. The van der Waals surface area contributed by atoms with Gasteiger partial charge in [-0.2, -0.15) is 0 Å². The normalized spacial score (nSPS) is 41.1. The lowest BCUT2D eigenvalue weighted by Crippen LogP contribution is -2.70. The van der Waals surface area contributed by atoms with Crippen molar-refractivity contribution in [1.29, 1.82) is 0 Å². The van der Waals surface area contributed by atoms with Crippen molar-refractivity contribution in [1.82, 2.24) is 26.2 Å². The second-order valence-electron chi connectivity index (χ2n) is 26.9. The van der Waals surface area contributed by atoms with Gasteiger partial charge in [0.25, 0.3) is 0 Å². The van der Waals surface area contributed by atoms with Crippen LogP contribution >= 0.6 is 0 Å². The summed E-state index contributed by atoms with van der Waals surface area (Å²) in [6.45, 7) is 2.08. The molecule has 11 rings (SSSR count). The number of aliphatic hydroxyl groups is 9. The molecule has 9 fully saturated rings. The maximum atomic E-state index is 13.2. The minimum Gasteiger partial charge on any atom is -0.445 e. The number of terminal acetylenes is 1. The summed E-state index contributed by atoms with van der Waals surface area (Å²) in [6.07, 6.45) is -21.0. The molecule has 103 heavy (non-hydrogen) atoms. The highest BCUT2D eigenvalue weighted by Crippen LogP contribution is 2.43. The van der Waals surface area contributed by atoms with Crippen LogP contribution in [0.15, 0.2) is 60.7 Å². The van der Waals surface area contributed by atoms with E-state index < -0.39 is 221 Å². The fourth-order valence-electron chi connectivity index (χ4n) is 14.1. The number of ether oxygens (including phenoxy) is 13. The number of amides is 4. The number of alkyl carbamates (subject to hydrolysis) is 2. The van der Waals surface area contributed by atoms with E-state index >= 15 is 0 Å². The fourth-order valence-corrected chi connectivity index (χ4v) is 14.1. The first kappa shape index (κ1) is 80.9. The van der Waals surface area contributed by atoms with Crippen LogP contribution in [0.25, 0.3) is 0 Å². The molecule has 9 aliphatic rings. The Morgan fingerprint density at radius 1 is 0.602 bits per heavy atom. The third kappa shape index (κ3) is 19.9. The molecule has 2 aliphatic carbocycles. The van der Waals surface area contributed by atoms with Gasteiger partial charge in [0.15, 0.2) is 43.8 Å². The zero-order valence-corrected chi connectivity index (χ0v) is 57.4. The summed E-state index contributed by atoms with van der Waals surface area (Å²) in [5, 5.41) is 106. The number of fused-ring (bicyclic) bond motifs is 4. The number of carbonyl (C=O) groups is 4. The predicted molar refractivity (Wildman–Crippen MR) is 354 cm³/mol. The van der Waals surface area contributed by atoms with E-state index in [0.717, 1.165) is 11.1 Å². The molecule has 7 saturated heterocycles. The molecule has 574 valence electrons. The quantitative estimate of drug-likeness (QED) is 0.0460. The van der Waals surface area contributed by atoms with E-state index in [4.69, 9.17) is 96.7 Å². The van der Waals surface area contributed by atoms with Crippen molar-refractivity contribution in [2.75, 3.05) is 33.9 Å². The molecule has 36 heteroatoms. The summed E-state index contributed by atoms with van der Waals surface area (Å²) >= 11 is 0. The molecule has 0 aromatic heterocycles. The number of nitrogens with one attached hydrogen (secondary N) is 4. The van der Waals surface area contributed by atoms with Gasteiger partial charge in [-0.05, 0) is 75.5 Å². The molecular formula is C67H100N10O26. The first-order chi connectivity index (χ1) is 49.3. The van der Waals surface area contributed by atoms with E-state index in [2.05, 4.69) is 39.0 Å². The van der Waals surface area contributed by atoms with Crippen LogP contribution in [0.2, 0.25) is 0 Å². The highest BCUT2D eigenvalue weighted by Gasteiger charge is 2.61. The number of benzene rings is 2. The van der Waals surface area contributed by atoms with Crippen LogP contribution in [-0.4, -0.2) is 299 Å². The third-order valence-electron chi connectivity index (χ3n) is 19.6. The molecule has 16 unspecified atom stereocenters. The summed E-state index contributed by atoms with van der Waals surface area (Å²) in [4.78, 5) is 51.9. The summed E-state index contributed by atoms with van der Waals surface area (Å²) in [5.74, 6) is 6.08. The fraction of sp³-hybridized carbons (Fsp3) is 0.701. The molecular weight excluding hydrogens is 1360 g/mol. The van der Waals surface area contributed by atoms with E-state index in [9.17, 15) is 65.1 Å². The lowest BCUT2D eigenvalue weighted by molar-refractivity contribution is -0.374. The number of nitrogens with zero attached hydrogens (tertiary/aromatic N) is 1. The van der Waals surface area contributed by atoms with E-state index in [-0.39, 0.29) is 51.0 Å². The Morgan fingerprint density at radius 3 is 1.77 bits per heavy atom. The average molecular weight is 1460 g/mol. The Labute approximate surface area is 594 Å². The minimum absolute atomic E-state index is 0.00476. The van der Waals surface area contributed by atoms with Gasteiger partial charge in [0.05, 0.1) is 74.4 Å². The molecule has 7 aliphatic heterocycles. The first-order valence-electron chi connectivity index (χ1n) is 34.3. The zero-order chi connectivity index (χ0) is 74.5. The van der Waals surface area contributed by atoms with Crippen molar-refractivity contribution < 1.29 is 127 Å². The highest BCUT2D eigenvalue weighted by molar-refractivity contribution is 5.78. The number of hydrogen-bond donors (Lipinski definition) is 18. The van der Waals surface area contributed by atoms with Crippen LogP contribution in [-0.2, 0) is 79.6 Å². The molecule has 2 aromatic carbocycles. The number of aliphatic hydroxyl groups excluding tert-OH is 9. The molecule has 0 radical (unpaired) electrons. The Morgan fingerprint density at radius 2 is 1.17 bits per heavy atom. The lowest BCUT2D eigenvalue weighted by atomic mass is 9.85. The minimum atomic E-state index is -1.65. The van der Waals surface area contributed by atoms with E-state index in [1.807, 2.05) is 67.6 Å². The van der Waals surface area contributed by atoms with E-state index in [1.54, 1.807) is 14.0 Å². The molecule has 4 amide bonds. The smallest absolute Gasteiger partial charge is 0.410 e. The van der Waals surface area contributed by atoms with Crippen molar-refractivity contribution in [3.63, 3.8) is 0 Å². The molecule has 36 nitrogen and oxygen atoms in total. The zero-order valence-electron chi connectivity index (χ0n) is 57.4. The number of likely N-dealkylation sites (N-methyl/N-ethyl adjacent to an activating group) is 2. The second-order valence-corrected chi connectivity index (χ2v) is 26.9. The van der Waals surface area contributed by atoms with Gasteiger partial charge < -0.3 is 157 Å². The van der Waals surface area contributed by atoms with Gasteiger partial charge in [-0.3, -0.25) is 9.69 Å². The average Bonchev–Trinajstić information content (AvgIpc) is 1.64. The van der Waals surface area contributed by atoms with E-state index in [0.29, 0.717) is 19.3 Å². The molecule has 32 atom stereocenters. The van der Waals surface area contributed by atoms with Crippen molar-refractivity contribution in [3.8, 4) is 24.2 Å². The second kappa shape index (κ2) is 37.4. The number of rotatable bonds is 19. The number of nitrogens with two attached hydrogens (primary N) is 5. The van der Waals surface area contributed by atoms with Crippen LogP contribution in [0.5, 0.6) is 0 Å². The van der Waals surface area contributed by atoms with Gasteiger partial charge in [0.1, 0.15) is 86.4 Å². The molecule has 2 aromatic rings. The van der Waals surface area contributed by atoms with Crippen molar-refractivity contribution in [2.45, 2.75) is 255 Å². The summed E-state index contributed by atoms with van der Waals surface area (Å²) < 4.78 is 77.3. The Balaban J connectivity index is 0.000000238. The topological polar surface area (TPSA) is 552 Å². The van der Waals surface area contributed by atoms with Gasteiger partial charge in [0, 0.05) is 31.1 Å². The van der Waals surface area contributed by atoms with Crippen LogP contribution in [0.4, 0.5) is 14.4 Å². The predicted octanol–water partition coefficient (Wildman–Crippen LogP) is -5.97. The Bertz CT molecular complexity index is 3130. The van der Waals surface area contributed by atoms with Crippen LogP contribution in [0, 0.1) is 30.1 Å². The lowest BCUT2D eigenvalue weighted by Gasteiger charge is -2.51. The molecule has 0 spiro atoms. The molecule has 2 saturated carbocycles. The first-order valence-corrected chi connectivity index (χ1v) is 34.3. The SMILES string of the molecule is C#CC#CC.CC1C[C@@H]2OC(O[C@H]3OC(CO)[C@@H](N)[C@H](O)C3O)C3C(OC(=O)N3C)C2O[C@@H]1O[C@@H]1C(NC(=O)OCc2ccccc2)C[C@@H](NC(=O)OCc2ccccc2)C[C@H]1O.CNC1C(O[C@H]2OC(CO)[C@@H](NC(=O)CN)[C@H](O)C2O)O[C@H]2CC(N)[C@@H](O[C@@H]3C(N)C[C@@H](N)C[C@H]3O)OC2C1O. The molecule has 0 bridgehead atoms. The van der Waals surface area contributed by atoms with Crippen molar-refractivity contribution in [2.24, 2.45) is 34.6 Å². The van der Waals surface area contributed by atoms with Crippen LogP contribution in [0.1, 0.15) is 63.5 Å².